The average Bonchev–Trinajstić information content (AvgIpc) is 2.31. The van der Waals surface area contributed by atoms with E-state index in [-0.39, 0.29) is 5.54 Å². The quantitative estimate of drug-likeness (QED) is 0.570. The molecule has 1 nitrogen and oxygen atoms in total. The second-order valence-corrected chi connectivity index (χ2v) is 6.54. The van der Waals surface area contributed by atoms with Crippen molar-refractivity contribution in [3.05, 3.63) is 18.7 Å². The van der Waals surface area contributed by atoms with Gasteiger partial charge >= 0.3 is 0 Å². The van der Waals surface area contributed by atoms with Gasteiger partial charge in [0, 0.05) is 11.3 Å². The van der Waals surface area contributed by atoms with Crippen LogP contribution in [-0.4, -0.2) is 5.54 Å². The Morgan fingerprint density at radius 1 is 1.47 bits per heavy atom. The standard InChI is InChI=1S/C16H29N/c1-5-7-14-9-11-15(3)10-6-8-13(2)16(15,12-14)17-4/h12-13H,4-11,17H2,1-3H3. The van der Waals surface area contributed by atoms with Gasteiger partial charge in [0.1, 0.15) is 0 Å². The topological polar surface area (TPSA) is 16.6 Å². The summed E-state index contributed by atoms with van der Waals surface area (Å²) >= 11 is 0. The summed E-state index contributed by atoms with van der Waals surface area (Å²) in [7, 11) is 4.21. The lowest BCUT2D eigenvalue weighted by Crippen LogP contribution is -2.97. The second kappa shape index (κ2) is 4.76. The summed E-state index contributed by atoms with van der Waals surface area (Å²) in [5.41, 5.74) is 2.45. The number of allylic oxidation sites excluding steroid dienone is 1. The molecule has 1 heteroatoms. The summed E-state index contributed by atoms with van der Waals surface area (Å²) in [6.45, 7) is 7.23. The summed E-state index contributed by atoms with van der Waals surface area (Å²) in [5, 5.41) is 2.28. The highest BCUT2D eigenvalue weighted by molar-refractivity contribution is 5.23. The van der Waals surface area contributed by atoms with Gasteiger partial charge < -0.3 is 5.32 Å². The Morgan fingerprint density at radius 2 is 2.24 bits per heavy atom. The van der Waals surface area contributed by atoms with E-state index in [1.165, 1.54) is 44.9 Å². The van der Waals surface area contributed by atoms with Gasteiger partial charge in [-0.15, -0.1) is 0 Å². The molecule has 98 valence electrons. The molecule has 1 saturated carbocycles. The van der Waals surface area contributed by atoms with Gasteiger partial charge in [-0.05, 0) is 38.2 Å². The molecule has 1 fully saturated rings. The first-order chi connectivity index (χ1) is 8.08. The van der Waals surface area contributed by atoms with Crippen LogP contribution in [0.5, 0.6) is 0 Å². The van der Waals surface area contributed by atoms with Gasteiger partial charge in [0.15, 0.2) is 0 Å². The van der Waals surface area contributed by atoms with E-state index in [0.29, 0.717) is 5.41 Å². The number of quaternary nitrogens is 1. The number of hydrogen-bond acceptors (Lipinski definition) is 0. The van der Waals surface area contributed by atoms with Gasteiger partial charge in [-0.2, -0.15) is 7.05 Å². The third kappa shape index (κ3) is 1.97. The molecule has 0 saturated heterocycles. The number of hydrogen-bond donors (Lipinski definition) is 1. The van der Waals surface area contributed by atoms with Crippen molar-refractivity contribution in [2.24, 2.45) is 11.3 Å². The minimum Gasteiger partial charge on any atom is -0.470 e. The summed E-state index contributed by atoms with van der Waals surface area (Å²) < 4.78 is 0. The molecule has 0 bridgehead atoms. The largest absolute Gasteiger partial charge is 0.470 e. The Bertz CT molecular complexity index is 307. The Morgan fingerprint density at radius 3 is 2.88 bits per heavy atom. The highest BCUT2D eigenvalue weighted by Gasteiger charge is 2.54. The predicted molar refractivity (Wildman–Crippen MR) is 73.4 cm³/mol. The SMILES string of the molecule is [CH2-][NH2+]C12C=C(CCC)CCC1(C)CCCC2C. The zero-order valence-corrected chi connectivity index (χ0v) is 11.9. The summed E-state index contributed by atoms with van der Waals surface area (Å²) in [5.74, 6) is 0.769. The first-order valence-electron chi connectivity index (χ1n) is 7.42. The van der Waals surface area contributed by atoms with Gasteiger partial charge in [0.25, 0.3) is 0 Å². The normalized spacial score (nSPS) is 41.9. The van der Waals surface area contributed by atoms with Crippen molar-refractivity contribution < 1.29 is 5.32 Å². The number of fused-ring (bicyclic) bond motifs is 1. The molecule has 2 aliphatic carbocycles. The summed E-state index contributed by atoms with van der Waals surface area (Å²) in [4.78, 5) is 0. The van der Waals surface area contributed by atoms with E-state index in [9.17, 15) is 0 Å². The monoisotopic (exact) mass is 235 g/mol. The van der Waals surface area contributed by atoms with Crippen LogP contribution in [0.3, 0.4) is 0 Å². The first kappa shape index (κ1) is 13.1. The van der Waals surface area contributed by atoms with Crippen molar-refractivity contribution in [1.82, 2.24) is 0 Å². The first-order valence-corrected chi connectivity index (χ1v) is 7.42. The molecule has 0 amide bonds. The number of nitrogens with two attached hydrogens (primary N) is 1. The molecule has 2 aliphatic rings. The van der Waals surface area contributed by atoms with E-state index in [4.69, 9.17) is 0 Å². The molecule has 3 unspecified atom stereocenters. The second-order valence-electron chi connectivity index (χ2n) is 6.54. The Balaban J connectivity index is 2.37. The van der Waals surface area contributed by atoms with Crippen LogP contribution in [0.1, 0.15) is 65.7 Å². The van der Waals surface area contributed by atoms with E-state index >= 15 is 0 Å². The van der Waals surface area contributed by atoms with E-state index in [2.05, 4.69) is 39.2 Å². The van der Waals surface area contributed by atoms with Crippen LogP contribution in [0.4, 0.5) is 0 Å². The van der Waals surface area contributed by atoms with Gasteiger partial charge in [-0.3, -0.25) is 0 Å². The zero-order valence-electron chi connectivity index (χ0n) is 11.9. The maximum Gasteiger partial charge on any atom is 0.0991 e. The predicted octanol–water partition coefficient (Wildman–Crippen LogP) is 3.43. The van der Waals surface area contributed by atoms with Crippen LogP contribution in [-0.2, 0) is 0 Å². The highest BCUT2D eigenvalue weighted by atomic mass is 15.0. The van der Waals surface area contributed by atoms with Gasteiger partial charge in [0.2, 0.25) is 0 Å². The third-order valence-electron chi connectivity index (χ3n) is 5.58. The minimum atomic E-state index is 0.286. The smallest absolute Gasteiger partial charge is 0.0991 e. The lowest BCUT2D eigenvalue weighted by molar-refractivity contribution is -0.692. The van der Waals surface area contributed by atoms with Crippen LogP contribution < -0.4 is 5.32 Å². The van der Waals surface area contributed by atoms with Crippen LogP contribution >= 0.6 is 0 Å². The zero-order chi connectivity index (χ0) is 12.5. The molecule has 0 aromatic heterocycles. The molecule has 0 aliphatic heterocycles. The van der Waals surface area contributed by atoms with E-state index in [1.807, 2.05) is 0 Å². The molecule has 3 atom stereocenters. The maximum atomic E-state index is 4.21. The van der Waals surface area contributed by atoms with Crippen molar-refractivity contribution in [3.63, 3.8) is 0 Å². The molecular formula is C16H29N. The lowest BCUT2D eigenvalue weighted by Gasteiger charge is -2.55. The van der Waals surface area contributed by atoms with Crippen LogP contribution in [0.15, 0.2) is 11.6 Å². The van der Waals surface area contributed by atoms with Gasteiger partial charge in [0.05, 0.1) is 5.54 Å². The van der Waals surface area contributed by atoms with Gasteiger partial charge in [-0.1, -0.05) is 39.2 Å². The lowest BCUT2D eigenvalue weighted by atomic mass is 9.53. The molecular weight excluding hydrogens is 206 g/mol. The molecule has 0 aromatic carbocycles. The Hall–Kier alpha value is -0.300. The molecule has 0 heterocycles. The number of rotatable bonds is 3. The average molecular weight is 235 g/mol. The summed E-state index contributed by atoms with van der Waals surface area (Å²) in [6.07, 6.45) is 12.1. The minimum absolute atomic E-state index is 0.286. The fourth-order valence-corrected chi connectivity index (χ4v) is 4.38. The molecule has 0 aromatic rings. The molecule has 0 radical (unpaired) electrons. The van der Waals surface area contributed by atoms with Crippen molar-refractivity contribution in [1.29, 1.82) is 0 Å². The molecule has 17 heavy (non-hydrogen) atoms. The third-order valence-corrected chi connectivity index (χ3v) is 5.58. The Kier molecular flexibility index (Phi) is 3.68. The fourth-order valence-electron chi connectivity index (χ4n) is 4.38. The summed E-state index contributed by atoms with van der Waals surface area (Å²) in [6, 6.07) is 0. The van der Waals surface area contributed by atoms with Crippen LogP contribution in [0.2, 0.25) is 0 Å². The van der Waals surface area contributed by atoms with Gasteiger partial charge in [-0.25, -0.2) is 0 Å². The van der Waals surface area contributed by atoms with Crippen molar-refractivity contribution in [2.45, 2.75) is 71.3 Å². The molecule has 2 N–H and O–H groups in total. The maximum absolute atomic E-state index is 4.21. The molecule has 2 rings (SSSR count). The molecule has 0 spiro atoms. The van der Waals surface area contributed by atoms with Crippen LogP contribution in [0.25, 0.3) is 0 Å². The highest BCUT2D eigenvalue weighted by Crippen LogP contribution is 2.52. The van der Waals surface area contributed by atoms with Crippen molar-refractivity contribution >= 4 is 0 Å². The van der Waals surface area contributed by atoms with E-state index < -0.39 is 0 Å². The van der Waals surface area contributed by atoms with Crippen molar-refractivity contribution in [2.75, 3.05) is 0 Å². The van der Waals surface area contributed by atoms with Crippen LogP contribution in [0, 0.1) is 18.4 Å². The van der Waals surface area contributed by atoms with E-state index in [1.54, 1.807) is 5.57 Å². The Labute approximate surface area is 107 Å². The van der Waals surface area contributed by atoms with E-state index in [0.717, 1.165) is 5.92 Å². The fraction of sp³-hybridized carbons (Fsp3) is 0.812. The van der Waals surface area contributed by atoms with Crippen molar-refractivity contribution in [3.8, 4) is 0 Å².